The number of phosphoric acid groups is 1. The molecule has 0 fully saturated rings. The summed E-state index contributed by atoms with van der Waals surface area (Å²) in [6.45, 7) is 4.65. The molecule has 226 valence electrons. The number of hydrogen-bond donors (Lipinski definition) is 3. The second-order valence-corrected chi connectivity index (χ2v) is 12.9. The van der Waals surface area contributed by atoms with Gasteiger partial charge in [-0.05, 0) is 19.3 Å². The molecule has 0 saturated carbocycles. The first kappa shape index (κ1) is 37.2. The van der Waals surface area contributed by atoms with E-state index in [2.05, 4.69) is 19.2 Å². The first-order chi connectivity index (χ1) is 18.0. The van der Waals surface area contributed by atoms with Gasteiger partial charge in [-0.3, -0.25) is 13.8 Å². The van der Waals surface area contributed by atoms with Gasteiger partial charge in [0.2, 0.25) is 5.91 Å². The lowest BCUT2D eigenvalue weighted by atomic mass is 10.0. The van der Waals surface area contributed by atoms with E-state index in [1.165, 1.54) is 51.4 Å². The number of allylic oxidation sites excluding steroid dienone is 1. The lowest BCUT2D eigenvalue weighted by Crippen LogP contribution is -2.45. The van der Waals surface area contributed by atoms with Crippen LogP contribution in [0, 0.1) is 0 Å². The fraction of sp³-hybridized carbons (Fsp3) is 0.897. The van der Waals surface area contributed by atoms with Crippen LogP contribution < -0.4 is 5.32 Å². The zero-order valence-electron chi connectivity index (χ0n) is 25.2. The molecule has 0 aromatic heterocycles. The summed E-state index contributed by atoms with van der Waals surface area (Å²) in [5.74, 6) is -0.188. The molecular formula is C29H60N2O6P+. The third-order valence-corrected chi connectivity index (χ3v) is 7.49. The SMILES string of the molecule is CCCCC/C=C/C(O)C(COP(=O)(O)OCC[N+](C)(C)C)NC(=O)CCCCCCCCCCCCC. The van der Waals surface area contributed by atoms with Gasteiger partial charge in [-0.25, -0.2) is 4.57 Å². The highest BCUT2D eigenvalue weighted by molar-refractivity contribution is 7.47. The zero-order valence-corrected chi connectivity index (χ0v) is 26.1. The quantitative estimate of drug-likeness (QED) is 0.0480. The fourth-order valence-corrected chi connectivity index (χ4v) is 4.71. The van der Waals surface area contributed by atoms with Gasteiger partial charge in [0.15, 0.2) is 0 Å². The van der Waals surface area contributed by atoms with Crippen LogP contribution in [0.15, 0.2) is 12.2 Å². The smallest absolute Gasteiger partial charge is 0.387 e. The third kappa shape index (κ3) is 24.3. The Hall–Kier alpha value is -0.760. The average molecular weight is 564 g/mol. The summed E-state index contributed by atoms with van der Waals surface area (Å²) in [6.07, 6.45) is 20.2. The molecule has 1 amide bonds. The van der Waals surface area contributed by atoms with Crippen LogP contribution in [0.2, 0.25) is 0 Å². The van der Waals surface area contributed by atoms with E-state index < -0.39 is 20.0 Å². The van der Waals surface area contributed by atoms with Crippen molar-refractivity contribution in [2.45, 2.75) is 129 Å². The summed E-state index contributed by atoms with van der Waals surface area (Å²) >= 11 is 0. The van der Waals surface area contributed by atoms with Gasteiger partial charge in [0, 0.05) is 6.42 Å². The maximum absolute atomic E-state index is 12.6. The van der Waals surface area contributed by atoms with Crippen molar-refractivity contribution in [3.05, 3.63) is 12.2 Å². The van der Waals surface area contributed by atoms with Crippen LogP contribution in [0.25, 0.3) is 0 Å². The number of carbonyl (C=O) groups excluding carboxylic acids is 1. The molecule has 3 atom stereocenters. The van der Waals surface area contributed by atoms with E-state index in [1.807, 2.05) is 27.2 Å². The van der Waals surface area contributed by atoms with Gasteiger partial charge in [0.1, 0.15) is 13.2 Å². The van der Waals surface area contributed by atoms with Crippen LogP contribution in [0.5, 0.6) is 0 Å². The number of aliphatic hydroxyl groups excluding tert-OH is 1. The predicted molar refractivity (Wildman–Crippen MR) is 157 cm³/mol. The molecule has 0 aromatic carbocycles. The molecule has 0 spiro atoms. The van der Waals surface area contributed by atoms with Gasteiger partial charge >= 0.3 is 7.82 Å². The molecule has 38 heavy (non-hydrogen) atoms. The van der Waals surface area contributed by atoms with Crippen molar-refractivity contribution in [3.8, 4) is 0 Å². The highest BCUT2D eigenvalue weighted by atomic mass is 31.2. The predicted octanol–water partition coefficient (Wildman–Crippen LogP) is 6.51. The molecule has 0 bridgehead atoms. The Bertz CT molecular complexity index is 653. The van der Waals surface area contributed by atoms with E-state index in [1.54, 1.807) is 6.08 Å². The van der Waals surface area contributed by atoms with Crippen molar-refractivity contribution in [1.29, 1.82) is 0 Å². The number of nitrogens with one attached hydrogen (secondary N) is 1. The molecule has 3 unspecified atom stereocenters. The first-order valence-electron chi connectivity index (χ1n) is 15.1. The van der Waals surface area contributed by atoms with Crippen LogP contribution in [0.4, 0.5) is 0 Å². The minimum atomic E-state index is -4.30. The summed E-state index contributed by atoms with van der Waals surface area (Å²) < 4.78 is 23.1. The molecule has 3 N–H and O–H groups in total. The molecule has 0 heterocycles. The van der Waals surface area contributed by atoms with E-state index in [0.29, 0.717) is 17.4 Å². The van der Waals surface area contributed by atoms with Crippen molar-refractivity contribution < 1.29 is 32.9 Å². The lowest BCUT2D eigenvalue weighted by Gasteiger charge is -2.25. The maximum atomic E-state index is 12.6. The number of aliphatic hydroxyl groups is 1. The van der Waals surface area contributed by atoms with Gasteiger partial charge in [0.05, 0.1) is 39.9 Å². The monoisotopic (exact) mass is 563 g/mol. The highest BCUT2D eigenvalue weighted by Crippen LogP contribution is 2.43. The van der Waals surface area contributed by atoms with Crippen molar-refractivity contribution in [3.63, 3.8) is 0 Å². The van der Waals surface area contributed by atoms with Crippen molar-refractivity contribution in [2.24, 2.45) is 0 Å². The Balaban J connectivity index is 4.53. The molecule has 0 aliphatic heterocycles. The number of quaternary nitrogens is 1. The number of phosphoric ester groups is 1. The second-order valence-electron chi connectivity index (χ2n) is 11.5. The van der Waals surface area contributed by atoms with Gasteiger partial charge in [-0.15, -0.1) is 0 Å². The largest absolute Gasteiger partial charge is 0.472 e. The average Bonchev–Trinajstić information content (AvgIpc) is 2.83. The van der Waals surface area contributed by atoms with E-state index in [4.69, 9.17) is 9.05 Å². The maximum Gasteiger partial charge on any atom is 0.472 e. The van der Waals surface area contributed by atoms with Gasteiger partial charge in [0.25, 0.3) is 0 Å². The number of unbranched alkanes of at least 4 members (excludes halogenated alkanes) is 13. The minimum Gasteiger partial charge on any atom is -0.387 e. The van der Waals surface area contributed by atoms with Crippen LogP contribution in [-0.2, 0) is 18.4 Å². The number of amides is 1. The zero-order chi connectivity index (χ0) is 28.7. The Morgan fingerprint density at radius 2 is 1.39 bits per heavy atom. The van der Waals surface area contributed by atoms with Crippen LogP contribution in [0.3, 0.4) is 0 Å². The summed E-state index contributed by atoms with van der Waals surface area (Å²) in [7, 11) is 1.56. The molecule has 8 nitrogen and oxygen atoms in total. The van der Waals surface area contributed by atoms with Crippen molar-refractivity contribution >= 4 is 13.7 Å². The third-order valence-electron chi connectivity index (χ3n) is 6.51. The van der Waals surface area contributed by atoms with Crippen LogP contribution >= 0.6 is 7.82 Å². The Kier molecular flexibility index (Phi) is 22.5. The number of likely N-dealkylation sites (N-methyl/N-ethyl adjacent to an activating group) is 1. The fourth-order valence-electron chi connectivity index (χ4n) is 3.98. The normalized spacial score (nSPS) is 15.4. The molecule has 0 radical (unpaired) electrons. The molecule has 0 aliphatic carbocycles. The molecule has 0 aliphatic rings. The number of hydrogen-bond acceptors (Lipinski definition) is 5. The number of carbonyl (C=O) groups is 1. The highest BCUT2D eigenvalue weighted by Gasteiger charge is 2.27. The van der Waals surface area contributed by atoms with Crippen molar-refractivity contribution in [1.82, 2.24) is 5.32 Å². The first-order valence-corrected chi connectivity index (χ1v) is 16.6. The van der Waals surface area contributed by atoms with Gasteiger partial charge < -0.3 is 19.8 Å². The Morgan fingerprint density at radius 1 is 0.868 bits per heavy atom. The van der Waals surface area contributed by atoms with Gasteiger partial charge in [-0.2, -0.15) is 0 Å². The van der Waals surface area contributed by atoms with E-state index >= 15 is 0 Å². The molecule has 0 saturated heterocycles. The number of rotatable bonds is 26. The van der Waals surface area contributed by atoms with Gasteiger partial charge in [-0.1, -0.05) is 103 Å². The van der Waals surface area contributed by atoms with E-state index in [-0.39, 0.29) is 19.1 Å². The molecule has 9 heteroatoms. The summed E-state index contributed by atoms with van der Waals surface area (Å²) in [4.78, 5) is 22.6. The molecule has 0 rings (SSSR count). The van der Waals surface area contributed by atoms with E-state index in [9.17, 15) is 19.4 Å². The van der Waals surface area contributed by atoms with E-state index in [0.717, 1.165) is 44.9 Å². The molecule has 0 aromatic rings. The Morgan fingerprint density at radius 3 is 1.95 bits per heavy atom. The minimum absolute atomic E-state index is 0.0625. The standard InChI is InChI=1S/C29H59N2O6P/c1-6-8-10-12-13-14-15-16-17-19-21-23-29(33)30-27(28(32)22-20-18-11-9-7-2)26-37-38(34,35)36-25-24-31(3,4)5/h20,22,27-28,32H,6-19,21,23-26H2,1-5H3,(H-,30,33,34,35)/p+1/b22-20+. The topological polar surface area (TPSA) is 105 Å². The second kappa shape index (κ2) is 23.0. The lowest BCUT2D eigenvalue weighted by molar-refractivity contribution is -0.870. The summed E-state index contributed by atoms with van der Waals surface area (Å²) in [6, 6.07) is -0.833. The van der Waals surface area contributed by atoms with Crippen LogP contribution in [0.1, 0.15) is 117 Å². The summed E-state index contributed by atoms with van der Waals surface area (Å²) in [5, 5.41) is 13.5. The summed E-state index contributed by atoms with van der Waals surface area (Å²) in [5.41, 5.74) is 0. The molecular weight excluding hydrogens is 503 g/mol. The Labute approximate surface area is 233 Å². The van der Waals surface area contributed by atoms with Crippen molar-refractivity contribution in [2.75, 3.05) is 40.9 Å². The number of nitrogens with zero attached hydrogens (tertiary/aromatic N) is 1. The van der Waals surface area contributed by atoms with Crippen LogP contribution in [-0.4, -0.2) is 73.4 Å².